The first kappa shape index (κ1) is 17.3. The van der Waals surface area contributed by atoms with E-state index >= 15 is 0 Å². The molecule has 3 aromatic rings. The summed E-state index contributed by atoms with van der Waals surface area (Å²) in [5.74, 6) is -0.251. The van der Waals surface area contributed by atoms with Crippen molar-refractivity contribution >= 4 is 11.7 Å². The van der Waals surface area contributed by atoms with Crippen LogP contribution in [-0.2, 0) is 6.42 Å². The molecule has 2 aromatic heterocycles. The van der Waals surface area contributed by atoms with Gasteiger partial charge in [-0.15, -0.1) is 0 Å². The molecule has 0 unspecified atom stereocenters. The van der Waals surface area contributed by atoms with Gasteiger partial charge in [0.1, 0.15) is 17.5 Å². The number of hydrogen-bond acceptors (Lipinski definition) is 5. The molecule has 0 aliphatic rings. The highest BCUT2D eigenvalue weighted by Crippen LogP contribution is 2.22. The van der Waals surface area contributed by atoms with Gasteiger partial charge >= 0.3 is 0 Å². The molecule has 8 heteroatoms. The van der Waals surface area contributed by atoms with Crippen LogP contribution in [0.15, 0.2) is 53.6 Å². The van der Waals surface area contributed by atoms with E-state index < -0.39 is 5.82 Å². The molecule has 0 aliphatic heterocycles. The maximum atomic E-state index is 13.9. The van der Waals surface area contributed by atoms with E-state index in [1.54, 1.807) is 30.3 Å². The zero-order valence-corrected chi connectivity index (χ0v) is 13.7. The number of pyridine rings is 1. The highest BCUT2D eigenvalue weighted by molar-refractivity contribution is 5.95. The molecule has 4 N–H and O–H groups in total. The van der Waals surface area contributed by atoms with Crippen molar-refractivity contribution in [2.24, 2.45) is 0 Å². The van der Waals surface area contributed by atoms with Crippen LogP contribution in [0.4, 0.5) is 10.2 Å². The number of rotatable bonds is 5. The van der Waals surface area contributed by atoms with Gasteiger partial charge in [-0.2, -0.15) is 0 Å². The van der Waals surface area contributed by atoms with Gasteiger partial charge in [-0.1, -0.05) is 12.1 Å². The molecule has 2 heterocycles. The Balaban J connectivity index is 1.68. The molecule has 1 amide bonds. The molecule has 0 aliphatic carbocycles. The second-order valence-corrected chi connectivity index (χ2v) is 5.56. The minimum Gasteiger partial charge on any atom is -0.383 e. The maximum Gasteiger partial charge on any atom is 0.252 e. The Morgan fingerprint density at radius 2 is 2.12 bits per heavy atom. The Kier molecular flexibility index (Phi) is 5.02. The number of nitrogens with one attached hydrogen (secondary N) is 2. The zero-order valence-electron chi connectivity index (χ0n) is 13.7. The highest BCUT2D eigenvalue weighted by Gasteiger charge is 2.10. The first-order chi connectivity index (χ1) is 12.5. The number of carbonyl (C=O) groups is 1. The van der Waals surface area contributed by atoms with E-state index in [-0.39, 0.29) is 23.8 Å². The minimum atomic E-state index is -0.457. The lowest BCUT2D eigenvalue weighted by molar-refractivity contribution is 0.0954. The normalized spacial score (nSPS) is 10.5. The summed E-state index contributed by atoms with van der Waals surface area (Å²) in [5, 5.41) is 2.73. The zero-order chi connectivity index (χ0) is 18.5. The van der Waals surface area contributed by atoms with Crippen LogP contribution >= 0.6 is 0 Å². The molecule has 3 rings (SSSR count). The van der Waals surface area contributed by atoms with Crippen molar-refractivity contribution in [2.75, 3.05) is 12.3 Å². The number of nitrogen functional groups attached to an aromatic ring is 1. The summed E-state index contributed by atoms with van der Waals surface area (Å²) in [5.41, 5.74) is 6.52. The summed E-state index contributed by atoms with van der Waals surface area (Å²) >= 11 is 0. The van der Waals surface area contributed by atoms with Crippen molar-refractivity contribution in [3.8, 4) is 11.1 Å². The number of halogens is 1. The topological polar surface area (TPSA) is 114 Å². The van der Waals surface area contributed by atoms with E-state index in [2.05, 4.69) is 20.3 Å². The first-order valence-electron chi connectivity index (χ1n) is 7.87. The van der Waals surface area contributed by atoms with E-state index in [0.717, 1.165) is 6.20 Å². The molecule has 0 spiro atoms. The fourth-order valence-corrected chi connectivity index (χ4v) is 2.48. The quantitative estimate of drug-likeness (QED) is 0.644. The van der Waals surface area contributed by atoms with Crippen LogP contribution in [0.3, 0.4) is 0 Å². The Hall–Kier alpha value is -3.55. The van der Waals surface area contributed by atoms with Crippen molar-refractivity contribution in [3.63, 3.8) is 0 Å². The van der Waals surface area contributed by atoms with Gasteiger partial charge in [-0.3, -0.25) is 14.6 Å². The average molecular weight is 353 g/mol. The lowest BCUT2D eigenvalue weighted by Gasteiger charge is -2.08. The molecule has 0 bridgehead atoms. The summed E-state index contributed by atoms with van der Waals surface area (Å²) in [6.45, 7) is 0.263. The van der Waals surface area contributed by atoms with E-state index in [0.29, 0.717) is 28.9 Å². The average Bonchev–Trinajstić information content (AvgIpc) is 2.61. The number of aromatic nitrogens is 3. The van der Waals surface area contributed by atoms with Crippen molar-refractivity contribution in [1.29, 1.82) is 0 Å². The maximum absolute atomic E-state index is 13.9. The van der Waals surface area contributed by atoms with Crippen LogP contribution in [-0.4, -0.2) is 27.4 Å². The predicted octanol–water partition coefficient (Wildman–Crippen LogP) is 1.53. The number of anilines is 1. The summed E-state index contributed by atoms with van der Waals surface area (Å²) in [7, 11) is 0. The highest BCUT2D eigenvalue weighted by atomic mass is 19.1. The van der Waals surface area contributed by atoms with Gasteiger partial charge in [0.05, 0.1) is 6.20 Å². The predicted molar refractivity (Wildman–Crippen MR) is 94.9 cm³/mol. The Labute approximate surface area is 148 Å². The smallest absolute Gasteiger partial charge is 0.252 e. The Bertz CT molecular complexity index is 1000. The second kappa shape index (κ2) is 7.56. The Morgan fingerprint density at radius 1 is 1.27 bits per heavy atom. The van der Waals surface area contributed by atoms with Crippen LogP contribution in [0, 0.1) is 5.82 Å². The van der Waals surface area contributed by atoms with Crippen molar-refractivity contribution in [2.45, 2.75) is 6.42 Å². The van der Waals surface area contributed by atoms with Crippen molar-refractivity contribution < 1.29 is 9.18 Å². The Morgan fingerprint density at radius 3 is 2.88 bits per heavy atom. The number of nitrogens with zero attached hydrogens (tertiary/aromatic N) is 2. The standard InChI is InChI=1S/C18H16FN5O2/c19-14-10-21-6-4-13(14)11-2-1-3-12(8-11)18(26)22-7-5-16-23-15(20)9-17(25)24-16/h1-4,6,8-10H,5,7H2,(H,22,26)(H3,20,23,24,25). The van der Waals surface area contributed by atoms with Crippen molar-refractivity contribution in [3.05, 3.63) is 76.4 Å². The fraction of sp³-hybridized carbons (Fsp3) is 0.111. The lowest BCUT2D eigenvalue weighted by Crippen LogP contribution is -2.27. The number of aromatic amines is 1. The number of H-pyrrole nitrogens is 1. The van der Waals surface area contributed by atoms with E-state index in [4.69, 9.17) is 5.73 Å². The minimum absolute atomic E-state index is 0.127. The number of nitrogens with two attached hydrogens (primary N) is 1. The first-order valence-corrected chi connectivity index (χ1v) is 7.87. The monoisotopic (exact) mass is 353 g/mol. The van der Waals surface area contributed by atoms with Crippen LogP contribution in [0.1, 0.15) is 16.2 Å². The summed E-state index contributed by atoms with van der Waals surface area (Å²) in [4.78, 5) is 33.9. The molecule has 0 saturated carbocycles. The molecule has 132 valence electrons. The molecular weight excluding hydrogens is 337 g/mol. The SMILES string of the molecule is Nc1cc(=O)[nH]c(CCNC(=O)c2cccc(-c3ccncc3F)c2)n1. The second-order valence-electron chi connectivity index (χ2n) is 5.56. The molecule has 0 fully saturated rings. The molecule has 0 atom stereocenters. The van der Waals surface area contributed by atoms with E-state index in [9.17, 15) is 14.0 Å². The fourth-order valence-electron chi connectivity index (χ4n) is 2.48. The number of carbonyl (C=O) groups excluding carboxylic acids is 1. The van der Waals surface area contributed by atoms with Crippen LogP contribution in [0.25, 0.3) is 11.1 Å². The summed E-state index contributed by atoms with van der Waals surface area (Å²) < 4.78 is 13.9. The van der Waals surface area contributed by atoms with Gasteiger partial charge < -0.3 is 16.0 Å². The van der Waals surface area contributed by atoms with Gasteiger partial charge in [-0.05, 0) is 23.8 Å². The van der Waals surface area contributed by atoms with Gasteiger partial charge in [-0.25, -0.2) is 9.37 Å². The van der Waals surface area contributed by atoms with Gasteiger partial charge in [0, 0.05) is 36.4 Å². The van der Waals surface area contributed by atoms with E-state index in [1.165, 1.54) is 12.3 Å². The summed E-state index contributed by atoms with van der Waals surface area (Å²) in [6, 6.07) is 9.38. The van der Waals surface area contributed by atoms with Crippen LogP contribution < -0.4 is 16.6 Å². The van der Waals surface area contributed by atoms with E-state index in [1.807, 2.05) is 0 Å². The van der Waals surface area contributed by atoms with Gasteiger partial charge in [0.2, 0.25) is 0 Å². The van der Waals surface area contributed by atoms with Gasteiger partial charge in [0.15, 0.2) is 0 Å². The molecule has 0 saturated heterocycles. The van der Waals surface area contributed by atoms with Crippen LogP contribution in [0.5, 0.6) is 0 Å². The third-order valence-corrected chi connectivity index (χ3v) is 3.67. The molecule has 1 aromatic carbocycles. The third-order valence-electron chi connectivity index (χ3n) is 3.67. The van der Waals surface area contributed by atoms with Crippen LogP contribution in [0.2, 0.25) is 0 Å². The number of amides is 1. The molecule has 26 heavy (non-hydrogen) atoms. The number of hydrogen-bond donors (Lipinski definition) is 3. The molecule has 7 nitrogen and oxygen atoms in total. The molecular formula is C18H16FN5O2. The summed E-state index contributed by atoms with van der Waals surface area (Å²) in [6.07, 6.45) is 2.94. The largest absolute Gasteiger partial charge is 0.383 e. The molecule has 0 radical (unpaired) electrons. The third kappa shape index (κ3) is 4.10. The van der Waals surface area contributed by atoms with Crippen molar-refractivity contribution in [1.82, 2.24) is 20.3 Å². The number of benzene rings is 1. The lowest BCUT2D eigenvalue weighted by atomic mass is 10.0. The van der Waals surface area contributed by atoms with Gasteiger partial charge in [0.25, 0.3) is 11.5 Å².